The number of carboxylic acids is 1. The molecule has 7 nitrogen and oxygen atoms in total. The van der Waals surface area contributed by atoms with Crippen molar-refractivity contribution in [1.29, 1.82) is 0 Å². The molecular formula is C17H18ClN3O4S. The van der Waals surface area contributed by atoms with E-state index in [1.165, 1.54) is 12.1 Å². The molecular weight excluding hydrogens is 378 g/mol. The molecule has 2 aliphatic rings. The maximum atomic E-state index is 11.9. The van der Waals surface area contributed by atoms with Gasteiger partial charge in [0.25, 0.3) is 5.69 Å². The Balaban J connectivity index is 2.12. The molecule has 26 heavy (non-hydrogen) atoms. The quantitative estimate of drug-likeness (QED) is 0.605. The fraction of sp³-hybridized carbons (Fsp3) is 0.412. The van der Waals surface area contributed by atoms with E-state index in [0.717, 1.165) is 18.0 Å². The molecule has 2 unspecified atom stereocenters. The number of nitro groups is 1. The number of fused-ring (bicyclic) bond motifs is 1. The number of aliphatic carboxylic acids is 1. The van der Waals surface area contributed by atoms with Crippen LogP contribution in [0.5, 0.6) is 0 Å². The number of amidine groups is 1. The monoisotopic (exact) mass is 395 g/mol. The van der Waals surface area contributed by atoms with Gasteiger partial charge in [0, 0.05) is 17.9 Å². The Kier molecular flexibility index (Phi) is 5.24. The largest absolute Gasteiger partial charge is 0.478 e. The fourth-order valence-electron chi connectivity index (χ4n) is 3.29. The highest BCUT2D eigenvalue weighted by Gasteiger charge is 2.39. The number of nitrogens with zero attached hydrogens (tertiary/aromatic N) is 3. The van der Waals surface area contributed by atoms with E-state index < -0.39 is 16.9 Å². The van der Waals surface area contributed by atoms with Gasteiger partial charge in [-0.3, -0.25) is 10.1 Å². The molecule has 0 saturated carbocycles. The highest BCUT2D eigenvalue weighted by atomic mass is 35.5. The zero-order valence-corrected chi connectivity index (χ0v) is 15.9. The van der Waals surface area contributed by atoms with E-state index in [2.05, 4.69) is 11.9 Å². The van der Waals surface area contributed by atoms with Crippen LogP contribution in [0, 0.1) is 10.1 Å². The van der Waals surface area contributed by atoms with E-state index >= 15 is 0 Å². The van der Waals surface area contributed by atoms with Gasteiger partial charge in [0.1, 0.15) is 5.02 Å². The molecule has 0 amide bonds. The SMILES string of the molecule is CCC1CCN2C(=NC(C)=C(C(=O)O)C2c2ccc(Cl)c([N+](=O)[O-])c2)S1. The van der Waals surface area contributed by atoms with Crippen molar-refractivity contribution in [2.75, 3.05) is 6.54 Å². The lowest BCUT2D eigenvalue weighted by molar-refractivity contribution is -0.384. The van der Waals surface area contributed by atoms with Crippen molar-refractivity contribution in [3.63, 3.8) is 0 Å². The molecule has 0 aromatic heterocycles. The first-order chi connectivity index (χ1) is 12.3. The van der Waals surface area contributed by atoms with Crippen LogP contribution in [0.1, 0.15) is 38.3 Å². The lowest BCUT2D eigenvalue weighted by Crippen LogP contribution is -2.43. The van der Waals surface area contributed by atoms with Crippen LogP contribution in [-0.4, -0.2) is 37.9 Å². The van der Waals surface area contributed by atoms with Crippen molar-refractivity contribution in [3.8, 4) is 0 Å². The second-order valence-corrected chi connectivity index (χ2v) is 7.87. The molecule has 1 aromatic carbocycles. The van der Waals surface area contributed by atoms with Gasteiger partial charge in [-0.05, 0) is 31.4 Å². The minimum Gasteiger partial charge on any atom is -0.478 e. The van der Waals surface area contributed by atoms with E-state index in [-0.39, 0.29) is 16.3 Å². The summed E-state index contributed by atoms with van der Waals surface area (Å²) in [5, 5.41) is 22.2. The molecule has 0 bridgehead atoms. The van der Waals surface area contributed by atoms with Crippen molar-refractivity contribution in [2.45, 2.75) is 38.0 Å². The zero-order chi connectivity index (χ0) is 19.0. The summed E-state index contributed by atoms with van der Waals surface area (Å²) in [6.45, 7) is 4.43. The number of allylic oxidation sites excluding steroid dienone is 1. The molecule has 138 valence electrons. The lowest BCUT2D eigenvalue weighted by Gasteiger charge is -2.42. The smallest absolute Gasteiger partial charge is 0.335 e. The Bertz CT molecular complexity index is 839. The zero-order valence-electron chi connectivity index (χ0n) is 14.3. The number of hydrogen-bond acceptors (Lipinski definition) is 6. The average molecular weight is 396 g/mol. The van der Waals surface area contributed by atoms with Gasteiger partial charge in [-0.1, -0.05) is 36.4 Å². The minimum absolute atomic E-state index is 0.0279. The van der Waals surface area contributed by atoms with Crippen LogP contribution >= 0.6 is 23.4 Å². The number of aliphatic imine (C=N–C) groups is 1. The summed E-state index contributed by atoms with van der Waals surface area (Å²) in [6.07, 6.45) is 1.90. The van der Waals surface area contributed by atoms with Gasteiger partial charge in [0.2, 0.25) is 0 Å². The number of carboxylic acid groups (broad SMARTS) is 1. The summed E-state index contributed by atoms with van der Waals surface area (Å²) in [5.41, 5.74) is 0.865. The number of thioether (sulfide) groups is 1. The van der Waals surface area contributed by atoms with Gasteiger partial charge < -0.3 is 10.0 Å². The van der Waals surface area contributed by atoms with Crippen molar-refractivity contribution in [1.82, 2.24) is 4.90 Å². The van der Waals surface area contributed by atoms with Gasteiger partial charge in [0.05, 0.1) is 22.2 Å². The van der Waals surface area contributed by atoms with E-state index in [1.54, 1.807) is 24.8 Å². The maximum Gasteiger partial charge on any atom is 0.335 e. The number of hydrogen-bond donors (Lipinski definition) is 1. The highest BCUT2D eigenvalue weighted by Crippen LogP contribution is 2.43. The van der Waals surface area contributed by atoms with Crippen LogP contribution in [0.15, 0.2) is 34.5 Å². The van der Waals surface area contributed by atoms with E-state index in [4.69, 9.17) is 11.6 Å². The Hall–Kier alpha value is -2.06. The summed E-state index contributed by atoms with van der Waals surface area (Å²) >= 11 is 7.56. The van der Waals surface area contributed by atoms with Crippen LogP contribution in [-0.2, 0) is 4.79 Å². The van der Waals surface area contributed by atoms with Gasteiger partial charge in [0.15, 0.2) is 5.17 Å². The first kappa shape index (κ1) is 18.7. The maximum absolute atomic E-state index is 11.9. The Labute approximate surface area is 159 Å². The topological polar surface area (TPSA) is 96.0 Å². The molecule has 1 fully saturated rings. The number of nitro benzene ring substituents is 1. The van der Waals surface area contributed by atoms with E-state index in [9.17, 15) is 20.0 Å². The van der Waals surface area contributed by atoms with Crippen LogP contribution in [0.4, 0.5) is 5.69 Å². The van der Waals surface area contributed by atoms with Crippen molar-refractivity contribution < 1.29 is 14.8 Å². The lowest BCUT2D eigenvalue weighted by atomic mass is 9.94. The Morgan fingerprint density at radius 2 is 2.27 bits per heavy atom. The summed E-state index contributed by atoms with van der Waals surface area (Å²) in [6, 6.07) is 3.83. The summed E-state index contributed by atoms with van der Waals surface area (Å²) < 4.78 is 0. The molecule has 1 saturated heterocycles. The van der Waals surface area contributed by atoms with E-state index in [1.807, 2.05) is 4.90 Å². The van der Waals surface area contributed by atoms with Gasteiger partial charge in [-0.2, -0.15) is 0 Å². The van der Waals surface area contributed by atoms with E-state index in [0.29, 0.717) is 23.1 Å². The molecule has 2 atom stereocenters. The van der Waals surface area contributed by atoms with Crippen molar-refractivity contribution in [2.24, 2.45) is 4.99 Å². The molecule has 1 N–H and O–H groups in total. The van der Waals surface area contributed by atoms with Gasteiger partial charge in [-0.15, -0.1) is 0 Å². The van der Waals surface area contributed by atoms with Crippen LogP contribution in [0.2, 0.25) is 5.02 Å². The molecule has 0 aliphatic carbocycles. The van der Waals surface area contributed by atoms with Crippen LogP contribution < -0.4 is 0 Å². The number of halogens is 1. The predicted octanol–water partition coefficient (Wildman–Crippen LogP) is 4.24. The number of carbonyl (C=O) groups is 1. The first-order valence-electron chi connectivity index (χ1n) is 8.23. The van der Waals surface area contributed by atoms with Crippen molar-refractivity contribution in [3.05, 3.63) is 50.2 Å². The summed E-state index contributed by atoms with van der Waals surface area (Å²) in [5.74, 6) is -1.07. The summed E-state index contributed by atoms with van der Waals surface area (Å²) in [4.78, 5) is 29.0. The second kappa shape index (κ2) is 7.28. The van der Waals surface area contributed by atoms with Crippen LogP contribution in [0.25, 0.3) is 0 Å². The molecule has 0 spiro atoms. The third-order valence-electron chi connectivity index (χ3n) is 4.62. The van der Waals surface area contributed by atoms with Crippen molar-refractivity contribution >= 4 is 40.2 Å². The first-order valence-corrected chi connectivity index (χ1v) is 9.49. The fourth-order valence-corrected chi connectivity index (χ4v) is 4.68. The second-order valence-electron chi connectivity index (χ2n) is 6.20. The molecule has 2 heterocycles. The predicted molar refractivity (Wildman–Crippen MR) is 102 cm³/mol. The third-order valence-corrected chi connectivity index (χ3v) is 6.37. The van der Waals surface area contributed by atoms with Crippen LogP contribution in [0.3, 0.4) is 0 Å². The number of benzene rings is 1. The molecule has 1 aromatic rings. The Morgan fingerprint density at radius 1 is 1.54 bits per heavy atom. The van der Waals surface area contributed by atoms with Gasteiger partial charge in [-0.25, -0.2) is 9.79 Å². The molecule has 2 aliphatic heterocycles. The molecule has 9 heteroatoms. The average Bonchev–Trinajstić information content (AvgIpc) is 2.59. The normalized spacial score (nSPS) is 22.7. The standard InChI is InChI=1S/C17H18ClN3O4S/c1-3-11-6-7-20-15(10-4-5-12(18)13(8-10)21(24)25)14(16(22)23)9(2)19-17(20)26-11/h4-5,8,11,15H,3,6-7H2,1-2H3,(H,22,23). The minimum atomic E-state index is -1.07. The number of rotatable bonds is 4. The summed E-state index contributed by atoms with van der Waals surface area (Å²) in [7, 11) is 0. The molecule has 3 rings (SSSR count). The van der Waals surface area contributed by atoms with Gasteiger partial charge >= 0.3 is 5.97 Å². The molecule has 0 radical (unpaired) electrons. The third kappa shape index (κ3) is 3.31. The highest BCUT2D eigenvalue weighted by molar-refractivity contribution is 8.14. The Morgan fingerprint density at radius 3 is 2.88 bits per heavy atom.